The number of benzene rings is 1. The summed E-state index contributed by atoms with van der Waals surface area (Å²) in [4.78, 5) is 0. The fourth-order valence-corrected chi connectivity index (χ4v) is 2.78. The van der Waals surface area contributed by atoms with E-state index in [1.807, 2.05) is 0 Å². The molecule has 0 unspecified atom stereocenters. The maximum Gasteiger partial charge on any atom is 3.00 e. The van der Waals surface area contributed by atoms with Gasteiger partial charge in [0.1, 0.15) is 0 Å². The second kappa shape index (κ2) is 10.3. The third-order valence-corrected chi connectivity index (χ3v) is 3.79. The molecule has 0 saturated carbocycles. The molecule has 1 radical (unpaired) electrons. The van der Waals surface area contributed by atoms with Crippen molar-refractivity contribution in [2.24, 2.45) is 0 Å². The molecule has 0 heterocycles. The molecule has 2 aromatic rings. The molecule has 0 fully saturated rings. The first kappa shape index (κ1) is 21.5. The van der Waals surface area contributed by atoms with Crippen LogP contribution in [0.1, 0.15) is 38.2 Å². The van der Waals surface area contributed by atoms with Crippen LogP contribution in [0.15, 0.2) is 54.1 Å². The van der Waals surface area contributed by atoms with E-state index in [2.05, 4.69) is 55.5 Å². The Labute approximate surface area is 176 Å². The zero-order valence-corrected chi connectivity index (χ0v) is 18.1. The predicted molar refractivity (Wildman–Crippen MR) is 79.7 cm³/mol. The van der Waals surface area contributed by atoms with Crippen molar-refractivity contribution < 1.29 is 69.7 Å². The first-order chi connectivity index (χ1) is 8.88. The fraction of sp³-hybridized carbons (Fsp3) is 0.278. The molecular weight excluding hydrogens is 518 g/mol. The minimum Gasteiger partial charge on any atom is -1.00 e. The van der Waals surface area contributed by atoms with Crippen LogP contribution in [0.4, 0.5) is 0 Å². The van der Waals surface area contributed by atoms with Crippen molar-refractivity contribution in [3.63, 3.8) is 0 Å². The van der Waals surface area contributed by atoms with Gasteiger partial charge in [-0.05, 0) is 12.8 Å². The number of unbranched alkanes of at least 4 members (excludes halogenated alkanes) is 1. The van der Waals surface area contributed by atoms with Crippen LogP contribution in [0.3, 0.4) is 0 Å². The van der Waals surface area contributed by atoms with Crippen molar-refractivity contribution in [2.75, 3.05) is 0 Å². The molecule has 0 atom stereocenters. The molecule has 0 saturated heterocycles. The van der Waals surface area contributed by atoms with Crippen LogP contribution in [0.2, 0.25) is 0 Å². The summed E-state index contributed by atoms with van der Waals surface area (Å²) in [5.41, 5.74) is 4.51. The Morgan fingerprint density at radius 1 is 1.14 bits per heavy atom. The summed E-state index contributed by atoms with van der Waals surface area (Å²) in [6.07, 6.45) is 9.52. The van der Waals surface area contributed by atoms with Crippen LogP contribution >= 0.6 is 0 Å². The van der Waals surface area contributed by atoms with E-state index in [0.717, 1.165) is 6.42 Å². The number of hydrogen-bond acceptors (Lipinski definition) is 0. The fourth-order valence-electron chi connectivity index (χ4n) is 2.78. The third-order valence-electron chi connectivity index (χ3n) is 3.79. The Bertz CT molecular complexity index is 590. The van der Waals surface area contributed by atoms with E-state index in [1.54, 1.807) is 11.1 Å². The molecule has 1 aliphatic rings. The van der Waals surface area contributed by atoms with Gasteiger partial charge >= 0.3 is 21.7 Å². The summed E-state index contributed by atoms with van der Waals surface area (Å²) in [6, 6.07) is 13.3. The van der Waals surface area contributed by atoms with Gasteiger partial charge in [0, 0.05) is 0 Å². The van der Waals surface area contributed by atoms with Gasteiger partial charge < -0.3 is 48.0 Å². The Balaban J connectivity index is 0.00000133. The predicted octanol–water partition coefficient (Wildman–Crippen LogP) is -0.532. The molecule has 0 bridgehead atoms. The smallest absolute Gasteiger partial charge is 1.00 e. The molecular formula is C18H19I2Ti. The Morgan fingerprint density at radius 2 is 1.90 bits per heavy atom. The molecule has 0 nitrogen and oxygen atoms in total. The number of halogens is 2. The first-order valence-corrected chi connectivity index (χ1v) is 6.93. The van der Waals surface area contributed by atoms with Gasteiger partial charge in [0.15, 0.2) is 0 Å². The van der Waals surface area contributed by atoms with E-state index in [0.29, 0.717) is 0 Å². The van der Waals surface area contributed by atoms with Gasteiger partial charge in [-0.3, -0.25) is 0 Å². The zero-order chi connectivity index (χ0) is 12.4. The molecule has 1 aliphatic carbocycles. The van der Waals surface area contributed by atoms with E-state index in [4.69, 9.17) is 0 Å². The van der Waals surface area contributed by atoms with Gasteiger partial charge in [0.25, 0.3) is 0 Å². The molecule has 0 amide bonds. The number of hydrogen-bond donors (Lipinski definition) is 0. The molecule has 2 aromatic carbocycles. The van der Waals surface area contributed by atoms with Crippen molar-refractivity contribution in [1.29, 1.82) is 0 Å². The Morgan fingerprint density at radius 3 is 2.62 bits per heavy atom. The minimum absolute atomic E-state index is 0. The molecule has 0 aromatic heterocycles. The summed E-state index contributed by atoms with van der Waals surface area (Å²) < 4.78 is 0. The number of allylic oxidation sites excluding steroid dienone is 4. The van der Waals surface area contributed by atoms with Gasteiger partial charge in [0.2, 0.25) is 0 Å². The normalized spacial score (nSPS) is 12.8. The quantitative estimate of drug-likeness (QED) is 0.280. The van der Waals surface area contributed by atoms with E-state index in [1.165, 1.54) is 35.6 Å². The van der Waals surface area contributed by atoms with Gasteiger partial charge in [0.05, 0.1) is 0 Å². The van der Waals surface area contributed by atoms with Gasteiger partial charge in [-0.25, -0.2) is 0 Å². The first-order valence-electron chi connectivity index (χ1n) is 6.93. The summed E-state index contributed by atoms with van der Waals surface area (Å²) >= 11 is 0. The summed E-state index contributed by atoms with van der Waals surface area (Å²) in [6.45, 7) is 2.26. The van der Waals surface area contributed by atoms with Crippen LogP contribution in [-0.2, 0) is 21.7 Å². The maximum absolute atomic E-state index is 2.34. The molecule has 0 N–H and O–H groups in total. The van der Waals surface area contributed by atoms with Gasteiger partial charge in [-0.2, -0.15) is 0 Å². The van der Waals surface area contributed by atoms with Crippen molar-refractivity contribution in [3.05, 3.63) is 59.7 Å². The number of fused-ring (bicyclic) bond motifs is 1. The van der Waals surface area contributed by atoms with E-state index in [9.17, 15) is 0 Å². The second-order valence-corrected chi connectivity index (χ2v) is 5.09. The van der Waals surface area contributed by atoms with Crippen molar-refractivity contribution in [2.45, 2.75) is 32.6 Å². The summed E-state index contributed by atoms with van der Waals surface area (Å²) in [5, 5.41) is 2.73. The molecule has 3 heteroatoms. The molecule has 21 heavy (non-hydrogen) atoms. The van der Waals surface area contributed by atoms with Crippen LogP contribution in [0, 0.1) is 0 Å². The van der Waals surface area contributed by atoms with Crippen molar-refractivity contribution in [1.82, 2.24) is 0 Å². The maximum atomic E-state index is 2.34. The SMILES string of the molecule is CCCCC1=C(c2cc3ccccc3[cH-]2)CC=C1.[I-].[I-].[Ti+3]. The average molecular weight is 537 g/mol. The molecule has 0 aliphatic heterocycles. The standard InChI is InChI=1S/C18H19.2HI.Ti/c1-2-3-7-14-10-6-11-18(14)17-12-15-8-4-5-9-16(15)13-17;;;/h4-6,8-10,12-13H,2-3,7,11H2,1H3;2*1H;/q-1;;;+3/p-2. The Kier molecular flexibility index (Phi) is 10.5. The van der Waals surface area contributed by atoms with Crippen LogP contribution < -0.4 is 48.0 Å². The largest absolute Gasteiger partial charge is 3.00 e. The molecule has 0 spiro atoms. The third kappa shape index (κ3) is 4.98. The van der Waals surface area contributed by atoms with Gasteiger partial charge in [-0.15, -0.1) is 34.5 Å². The summed E-state index contributed by atoms with van der Waals surface area (Å²) in [5.74, 6) is 0. The van der Waals surface area contributed by atoms with Crippen LogP contribution in [-0.4, -0.2) is 0 Å². The van der Waals surface area contributed by atoms with Crippen LogP contribution in [0.5, 0.6) is 0 Å². The van der Waals surface area contributed by atoms with E-state index < -0.39 is 0 Å². The van der Waals surface area contributed by atoms with E-state index >= 15 is 0 Å². The zero-order valence-electron chi connectivity index (χ0n) is 12.2. The van der Waals surface area contributed by atoms with Gasteiger partial charge in [-0.1, -0.05) is 61.3 Å². The monoisotopic (exact) mass is 537 g/mol. The van der Waals surface area contributed by atoms with Crippen molar-refractivity contribution >= 4 is 16.3 Å². The molecule has 3 rings (SSSR count). The number of rotatable bonds is 4. The second-order valence-electron chi connectivity index (χ2n) is 5.09. The van der Waals surface area contributed by atoms with Crippen molar-refractivity contribution in [3.8, 4) is 0 Å². The summed E-state index contributed by atoms with van der Waals surface area (Å²) in [7, 11) is 0. The van der Waals surface area contributed by atoms with E-state index in [-0.39, 0.29) is 69.7 Å². The Hall–Kier alpha value is 0.484. The average Bonchev–Trinajstić information content (AvgIpc) is 3.01. The topological polar surface area (TPSA) is 0 Å². The molecule has 109 valence electrons. The van der Waals surface area contributed by atoms with Crippen LogP contribution in [0.25, 0.3) is 16.3 Å². The minimum atomic E-state index is 0.